The topological polar surface area (TPSA) is 49.8 Å². The van der Waals surface area contributed by atoms with Gasteiger partial charge in [0.1, 0.15) is 5.75 Å². The summed E-state index contributed by atoms with van der Waals surface area (Å²) in [6.45, 7) is 0.296. The first-order valence-electron chi connectivity index (χ1n) is 7.56. The molecule has 128 valence electrons. The molecular weight excluding hydrogens is 328 g/mol. The van der Waals surface area contributed by atoms with Crippen LogP contribution in [0.5, 0.6) is 5.75 Å². The van der Waals surface area contributed by atoms with Crippen molar-refractivity contribution in [2.75, 3.05) is 13.1 Å². The number of nitrogens with zero attached hydrogens (tertiary/aromatic N) is 1. The molecule has 1 fully saturated rings. The summed E-state index contributed by atoms with van der Waals surface area (Å²) in [4.78, 5) is 13.6. The quantitative estimate of drug-likeness (QED) is 0.844. The summed E-state index contributed by atoms with van der Waals surface area (Å²) in [6, 6.07) is 4.61. The molecule has 1 aliphatic heterocycles. The van der Waals surface area contributed by atoms with E-state index in [4.69, 9.17) is 11.6 Å². The van der Waals surface area contributed by atoms with Gasteiger partial charge in [0.05, 0.1) is 5.41 Å². The highest BCUT2D eigenvalue weighted by Gasteiger charge is 2.40. The first kappa shape index (κ1) is 17.9. The Labute approximate surface area is 139 Å². The minimum Gasteiger partial charge on any atom is -0.481 e. The van der Waals surface area contributed by atoms with Crippen LogP contribution >= 0.6 is 11.6 Å². The summed E-state index contributed by atoms with van der Waals surface area (Å²) >= 11 is 6.13. The number of hydrogen-bond donors (Lipinski definition) is 1. The summed E-state index contributed by atoms with van der Waals surface area (Å²) in [6.07, 6.45) is 1.90. The Kier molecular flexibility index (Phi) is 5.81. The highest BCUT2D eigenvalue weighted by molar-refractivity contribution is 6.31. The second-order valence-corrected chi connectivity index (χ2v) is 6.26. The number of piperidine rings is 1. The van der Waals surface area contributed by atoms with E-state index in [-0.39, 0.29) is 12.3 Å². The van der Waals surface area contributed by atoms with Crippen molar-refractivity contribution in [2.45, 2.75) is 39.3 Å². The molecule has 0 spiro atoms. The number of likely N-dealkylation sites (tertiary alicyclic amines) is 1. The highest BCUT2D eigenvalue weighted by atomic mass is 35.5. The molecule has 23 heavy (non-hydrogen) atoms. The largest absolute Gasteiger partial charge is 0.481 e. The van der Waals surface area contributed by atoms with E-state index in [1.54, 1.807) is 12.1 Å². The van der Waals surface area contributed by atoms with Gasteiger partial charge in [-0.2, -0.15) is 8.78 Å². The van der Waals surface area contributed by atoms with Crippen molar-refractivity contribution in [2.24, 2.45) is 5.41 Å². The van der Waals surface area contributed by atoms with Crippen LogP contribution in [0.25, 0.3) is 0 Å². The number of carboxylic acid groups (broad SMARTS) is 1. The maximum absolute atomic E-state index is 12.5. The summed E-state index contributed by atoms with van der Waals surface area (Å²) in [5, 5.41) is 9.86. The molecule has 1 aliphatic rings. The number of carbonyl (C=O) groups is 1. The van der Waals surface area contributed by atoms with Crippen LogP contribution in [-0.4, -0.2) is 35.7 Å². The van der Waals surface area contributed by atoms with Crippen molar-refractivity contribution in [1.29, 1.82) is 0 Å². The van der Waals surface area contributed by atoms with Crippen LogP contribution in [0.1, 0.15) is 31.7 Å². The number of carboxylic acids is 1. The Bertz CT molecular complexity index is 570. The lowest BCUT2D eigenvalue weighted by Crippen LogP contribution is -2.47. The van der Waals surface area contributed by atoms with E-state index in [2.05, 4.69) is 4.74 Å². The van der Waals surface area contributed by atoms with Gasteiger partial charge in [0.2, 0.25) is 0 Å². The molecule has 0 radical (unpaired) electrons. The Morgan fingerprint density at radius 1 is 1.52 bits per heavy atom. The third-order valence-electron chi connectivity index (χ3n) is 4.46. The van der Waals surface area contributed by atoms with Crippen molar-refractivity contribution in [1.82, 2.24) is 4.90 Å². The minimum absolute atomic E-state index is 0.0375. The summed E-state index contributed by atoms with van der Waals surface area (Å²) in [5.41, 5.74) is -0.324. The molecule has 0 saturated carbocycles. The van der Waals surface area contributed by atoms with E-state index in [0.29, 0.717) is 36.5 Å². The molecule has 7 heteroatoms. The first-order valence-corrected chi connectivity index (χ1v) is 7.93. The van der Waals surface area contributed by atoms with Gasteiger partial charge in [-0.3, -0.25) is 9.69 Å². The Morgan fingerprint density at radius 2 is 2.26 bits per heavy atom. The molecule has 4 nitrogen and oxygen atoms in total. The monoisotopic (exact) mass is 347 g/mol. The maximum atomic E-state index is 12.5. The second kappa shape index (κ2) is 7.45. The predicted octanol–water partition coefficient (Wildman–Crippen LogP) is 4.02. The fourth-order valence-electron chi connectivity index (χ4n) is 3.10. The number of alkyl halides is 2. The number of benzene rings is 1. The van der Waals surface area contributed by atoms with Crippen LogP contribution in [-0.2, 0) is 11.3 Å². The van der Waals surface area contributed by atoms with Crippen molar-refractivity contribution in [3.8, 4) is 5.75 Å². The van der Waals surface area contributed by atoms with Crippen molar-refractivity contribution < 1.29 is 23.4 Å². The molecule has 2 rings (SSSR count). The van der Waals surface area contributed by atoms with Gasteiger partial charge in [-0.05, 0) is 37.9 Å². The zero-order chi connectivity index (χ0) is 17.0. The van der Waals surface area contributed by atoms with E-state index >= 15 is 0 Å². The lowest BCUT2D eigenvalue weighted by molar-refractivity contribution is -0.153. The number of hydrogen-bond acceptors (Lipinski definition) is 3. The molecule has 1 saturated heterocycles. The lowest BCUT2D eigenvalue weighted by Gasteiger charge is -2.39. The van der Waals surface area contributed by atoms with Gasteiger partial charge in [0, 0.05) is 23.7 Å². The molecule has 1 heterocycles. The zero-order valence-corrected chi connectivity index (χ0v) is 13.7. The Hall–Kier alpha value is -1.40. The van der Waals surface area contributed by atoms with E-state index in [9.17, 15) is 18.7 Å². The average molecular weight is 348 g/mol. The summed E-state index contributed by atoms with van der Waals surface area (Å²) < 4.78 is 29.6. The maximum Gasteiger partial charge on any atom is 0.387 e. The van der Waals surface area contributed by atoms with Crippen LogP contribution in [0.4, 0.5) is 8.78 Å². The zero-order valence-electron chi connectivity index (χ0n) is 12.9. The van der Waals surface area contributed by atoms with Gasteiger partial charge in [-0.25, -0.2) is 0 Å². The molecule has 0 aromatic heterocycles. The third kappa shape index (κ3) is 4.12. The fraction of sp³-hybridized carbons (Fsp3) is 0.562. The second-order valence-electron chi connectivity index (χ2n) is 5.85. The summed E-state index contributed by atoms with van der Waals surface area (Å²) in [5.74, 6) is -0.775. The van der Waals surface area contributed by atoms with Gasteiger partial charge < -0.3 is 9.84 Å². The molecule has 1 unspecified atom stereocenters. The predicted molar refractivity (Wildman–Crippen MR) is 83.0 cm³/mol. The van der Waals surface area contributed by atoms with Crippen LogP contribution < -0.4 is 4.74 Å². The van der Waals surface area contributed by atoms with Crippen LogP contribution in [0.2, 0.25) is 5.02 Å². The van der Waals surface area contributed by atoms with Crippen LogP contribution in [0.3, 0.4) is 0 Å². The van der Waals surface area contributed by atoms with Gasteiger partial charge in [-0.1, -0.05) is 24.6 Å². The van der Waals surface area contributed by atoms with Crippen molar-refractivity contribution in [3.05, 3.63) is 28.8 Å². The smallest absolute Gasteiger partial charge is 0.387 e. The highest BCUT2D eigenvalue weighted by Crippen LogP contribution is 2.36. The standard InChI is InChI=1S/C16H20ClF2NO3/c1-2-16(14(21)22)7-4-8-20(10-16)9-11-12(17)5-3-6-13(11)23-15(18)19/h3,5-6,15H,2,4,7-10H2,1H3,(H,21,22). The number of aliphatic carboxylic acids is 1. The Morgan fingerprint density at radius 3 is 2.87 bits per heavy atom. The van der Waals surface area contributed by atoms with Crippen LogP contribution in [0.15, 0.2) is 18.2 Å². The summed E-state index contributed by atoms with van der Waals surface area (Å²) in [7, 11) is 0. The van der Waals surface area contributed by atoms with Gasteiger partial charge >= 0.3 is 12.6 Å². The van der Waals surface area contributed by atoms with E-state index < -0.39 is 18.0 Å². The van der Waals surface area contributed by atoms with Gasteiger partial charge in [-0.15, -0.1) is 0 Å². The fourth-order valence-corrected chi connectivity index (χ4v) is 3.32. The minimum atomic E-state index is -2.93. The third-order valence-corrected chi connectivity index (χ3v) is 4.81. The van der Waals surface area contributed by atoms with E-state index in [1.807, 2.05) is 11.8 Å². The number of rotatable bonds is 6. The molecule has 1 aromatic rings. The van der Waals surface area contributed by atoms with Crippen LogP contribution in [0, 0.1) is 5.41 Å². The Balaban J connectivity index is 2.20. The molecule has 0 aliphatic carbocycles. The van der Waals surface area contributed by atoms with Gasteiger partial charge in [0.15, 0.2) is 0 Å². The van der Waals surface area contributed by atoms with Gasteiger partial charge in [0.25, 0.3) is 0 Å². The molecular formula is C16H20ClF2NO3. The molecule has 1 N–H and O–H groups in total. The normalized spacial score (nSPS) is 22.3. The molecule has 0 bridgehead atoms. The number of halogens is 3. The van der Waals surface area contributed by atoms with Crippen molar-refractivity contribution >= 4 is 17.6 Å². The number of ether oxygens (including phenoxy) is 1. The average Bonchev–Trinajstić information content (AvgIpc) is 2.50. The molecule has 1 atom stereocenters. The SMILES string of the molecule is CCC1(C(=O)O)CCCN(Cc2c(Cl)cccc2OC(F)F)C1. The molecule has 1 aromatic carbocycles. The van der Waals surface area contributed by atoms with Crippen molar-refractivity contribution in [3.63, 3.8) is 0 Å². The molecule has 0 amide bonds. The van der Waals surface area contributed by atoms with E-state index in [1.165, 1.54) is 6.07 Å². The first-order chi connectivity index (χ1) is 10.9. The lowest BCUT2D eigenvalue weighted by atomic mass is 9.77. The van der Waals surface area contributed by atoms with E-state index in [0.717, 1.165) is 6.42 Å².